The van der Waals surface area contributed by atoms with Crippen LogP contribution in [0.25, 0.3) is 0 Å². The van der Waals surface area contributed by atoms with Crippen molar-refractivity contribution >= 4 is 0 Å². The second-order valence-electron chi connectivity index (χ2n) is 5.50. The van der Waals surface area contributed by atoms with E-state index in [1.165, 1.54) is 12.1 Å². The number of nitrogens with one attached hydrogen (secondary N) is 1. The molecule has 0 unspecified atom stereocenters. The molecule has 1 saturated heterocycles. The van der Waals surface area contributed by atoms with Gasteiger partial charge in [-0.2, -0.15) is 13.2 Å². The van der Waals surface area contributed by atoms with Crippen molar-refractivity contribution in [1.29, 1.82) is 0 Å². The Kier molecular flexibility index (Phi) is 1.99. The fourth-order valence-electron chi connectivity index (χ4n) is 3.21. The van der Waals surface area contributed by atoms with Crippen LogP contribution >= 0.6 is 0 Å². The van der Waals surface area contributed by atoms with Crippen LogP contribution in [0.4, 0.5) is 13.2 Å². The minimum atomic E-state index is -4.24. The molecule has 0 aromatic heterocycles. The Labute approximate surface area is 98.0 Å². The first-order chi connectivity index (χ1) is 7.87. The second-order valence-corrected chi connectivity index (χ2v) is 5.50. The van der Waals surface area contributed by atoms with Gasteiger partial charge in [0.15, 0.2) is 0 Å². The Bertz CT molecular complexity index is 447. The zero-order valence-corrected chi connectivity index (χ0v) is 9.56. The number of alkyl halides is 3. The van der Waals surface area contributed by atoms with E-state index in [0.29, 0.717) is 0 Å². The second kappa shape index (κ2) is 3.05. The molecule has 92 valence electrons. The number of hydrogen-bond donors (Lipinski definition) is 1. The maximum absolute atomic E-state index is 12.5. The molecule has 2 fully saturated rings. The van der Waals surface area contributed by atoms with Crippen LogP contribution in [-0.2, 0) is 11.6 Å². The summed E-state index contributed by atoms with van der Waals surface area (Å²) in [6.45, 7) is 4.05. The largest absolute Gasteiger partial charge is 0.416 e. The van der Waals surface area contributed by atoms with Gasteiger partial charge < -0.3 is 5.32 Å². The lowest BCUT2D eigenvalue weighted by molar-refractivity contribution is -0.137. The molecule has 4 heteroatoms. The molecule has 0 bridgehead atoms. The molecule has 17 heavy (non-hydrogen) atoms. The summed E-state index contributed by atoms with van der Waals surface area (Å²) in [5.41, 5.74) is 0.799. The van der Waals surface area contributed by atoms with Crippen molar-refractivity contribution in [2.75, 3.05) is 13.1 Å². The SMILES string of the molecule is C[C@@]12CNC[C@]1(c1ccc(C(F)(F)F)cc1)C2. The van der Waals surface area contributed by atoms with Crippen molar-refractivity contribution < 1.29 is 13.2 Å². The number of rotatable bonds is 1. The van der Waals surface area contributed by atoms with E-state index in [1.54, 1.807) is 12.1 Å². The highest BCUT2D eigenvalue weighted by molar-refractivity contribution is 5.42. The molecule has 1 N–H and O–H groups in total. The van der Waals surface area contributed by atoms with E-state index in [4.69, 9.17) is 0 Å². The van der Waals surface area contributed by atoms with Crippen molar-refractivity contribution in [2.24, 2.45) is 5.41 Å². The Balaban J connectivity index is 1.92. The minimum absolute atomic E-state index is 0.0805. The summed E-state index contributed by atoms with van der Waals surface area (Å²) in [7, 11) is 0. The zero-order valence-electron chi connectivity index (χ0n) is 9.56. The van der Waals surface area contributed by atoms with Crippen LogP contribution in [0.1, 0.15) is 24.5 Å². The molecule has 1 aromatic carbocycles. The maximum atomic E-state index is 12.5. The molecule has 1 aliphatic carbocycles. The van der Waals surface area contributed by atoms with E-state index in [1.807, 2.05) is 0 Å². The molecular weight excluding hydrogens is 227 g/mol. The van der Waals surface area contributed by atoms with Crippen LogP contribution in [0.2, 0.25) is 0 Å². The predicted molar refractivity (Wildman–Crippen MR) is 58.7 cm³/mol. The van der Waals surface area contributed by atoms with Gasteiger partial charge in [-0.15, -0.1) is 0 Å². The van der Waals surface area contributed by atoms with E-state index in [-0.39, 0.29) is 10.8 Å². The third-order valence-electron chi connectivity index (χ3n) is 4.43. The van der Waals surface area contributed by atoms with Gasteiger partial charge in [0.05, 0.1) is 5.56 Å². The van der Waals surface area contributed by atoms with Gasteiger partial charge in [-0.05, 0) is 29.5 Å². The van der Waals surface area contributed by atoms with Gasteiger partial charge in [0.1, 0.15) is 0 Å². The van der Waals surface area contributed by atoms with Crippen LogP contribution in [0, 0.1) is 5.41 Å². The summed E-state index contributed by atoms with van der Waals surface area (Å²) in [6, 6.07) is 5.67. The van der Waals surface area contributed by atoms with Crippen molar-refractivity contribution in [1.82, 2.24) is 5.32 Å². The topological polar surface area (TPSA) is 12.0 Å². The number of benzene rings is 1. The van der Waals surface area contributed by atoms with E-state index in [2.05, 4.69) is 12.2 Å². The quantitative estimate of drug-likeness (QED) is 0.797. The van der Waals surface area contributed by atoms with Gasteiger partial charge in [-0.3, -0.25) is 0 Å². The highest BCUT2D eigenvalue weighted by atomic mass is 19.4. The lowest BCUT2D eigenvalue weighted by atomic mass is 9.89. The zero-order chi connectivity index (χ0) is 12.3. The highest BCUT2D eigenvalue weighted by Gasteiger charge is 2.67. The molecule has 0 radical (unpaired) electrons. The fourth-order valence-corrected chi connectivity index (χ4v) is 3.21. The Morgan fingerprint density at radius 2 is 1.76 bits per heavy atom. The van der Waals surface area contributed by atoms with Crippen LogP contribution < -0.4 is 5.32 Å². The first-order valence-electron chi connectivity index (χ1n) is 5.76. The lowest BCUT2D eigenvalue weighted by Crippen LogP contribution is -2.19. The van der Waals surface area contributed by atoms with E-state index < -0.39 is 11.7 Å². The van der Waals surface area contributed by atoms with Crippen LogP contribution in [0.15, 0.2) is 24.3 Å². The Morgan fingerprint density at radius 3 is 2.18 bits per heavy atom. The van der Waals surface area contributed by atoms with Gasteiger partial charge in [0.25, 0.3) is 0 Å². The first kappa shape index (κ1) is 11.1. The molecule has 2 atom stereocenters. The van der Waals surface area contributed by atoms with Gasteiger partial charge >= 0.3 is 6.18 Å². The average molecular weight is 241 g/mol. The van der Waals surface area contributed by atoms with Crippen molar-refractivity contribution in [3.8, 4) is 0 Å². The molecule has 1 aromatic rings. The van der Waals surface area contributed by atoms with Gasteiger partial charge in [-0.25, -0.2) is 0 Å². The predicted octanol–water partition coefficient (Wildman–Crippen LogP) is 2.96. The minimum Gasteiger partial charge on any atom is -0.315 e. The van der Waals surface area contributed by atoms with E-state index >= 15 is 0 Å². The Hall–Kier alpha value is -1.03. The van der Waals surface area contributed by atoms with Crippen molar-refractivity contribution in [2.45, 2.75) is 24.9 Å². The third-order valence-corrected chi connectivity index (χ3v) is 4.43. The number of fused-ring (bicyclic) bond motifs is 1. The molecule has 2 aliphatic rings. The fraction of sp³-hybridized carbons (Fsp3) is 0.538. The summed E-state index contributed by atoms with van der Waals surface area (Å²) in [4.78, 5) is 0. The maximum Gasteiger partial charge on any atom is 0.416 e. The Morgan fingerprint density at radius 1 is 1.12 bits per heavy atom. The molecular formula is C13H14F3N. The summed E-state index contributed by atoms with van der Waals surface area (Å²) in [5, 5.41) is 3.32. The molecule has 1 heterocycles. The summed E-state index contributed by atoms with van der Waals surface area (Å²) in [5.74, 6) is 0. The van der Waals surface area contributed by atoms with Gasteiger partial charge in [0, 0.05) is 18.5 Å². The van der Waals surface area contributed by atoms with Gasteiger partial charge in [-0.1, -0.05) is 19.1 Å². The van der Waals surface area contributed by atoms with Gasteiger partial charge in [0.2, 0.25) is 0 Å². The van der Waals surface area contributed by atoms with Crippen LogP contribution in [0.5, 0.6) is 0 Å². The summed E-state index contributed by atoms with van der Waals surface area (Å²) < 4.78 is 37.4. The van der Waals surface area contributed by atoms with Crippen LogP contribution in [-0.4, -0.2) is 13.1 Å². The summed E-state index contributed by atoms with van der Waals surface area (Å²) in [6.07, 6.45) is -3.16. The standard InChI is InChI=1S/C13H14F3N/c1-11-6-12(11,8-17-7-11)9-2-4-10(5-3-9)13(14,15)16/h2-5,17H,6-8H2,1H3/t11-,12+/m1/s1. The number of hydrogen-bond acceptors (Lipinski definition) is 1. The van der Waals surface area contributed by atoms with E-state index in [0.717, 1.165) is 25.1 Å². The first-order valence-corrected chi connectivity index (χ1v) is 5.76. The van der Waals surface area contributed by atoms with Crippen molar-refractivity contribution in [3.63, 3.8) is 0 Å². The average Bonchev–Trinajstić information content (AvgIpc) is 2.72. The van der Waals surface area contributed by atoms with E-state index in [9.17, 15) is 13.2 Å². The molecule has 1 saturated carbocycles. The third kappa shape index (κ3) is 1.43. The number of halogens is 3. The van der Waals surface area contributed by atoms with Crippen LogP contribution in [0.3, 0.4) is 0 Å². The van der Waals surface area contributed by atoms with Crippen molar-refractivity contribution in [3.05, 3.63) is 35.4 Å². The normalized spacial score (nSPS) is 35.8. The monoisotopic (exact) mass is 241 g/mol. The molecule has 1 nitrogen and oxygen atoms in total. The molecule has 3 rings (SSSR count). The molecule has 1 aliphatic heterocycles. The smallest absolute Gasteiger partial charge is 0.315 e. The lowest BCUT2D eigenvalue weighted by Gasteiger charge is -2.15. The summed E-state index contributed by atoms with van der Waals surface area (Å²) >= 11 is 0. The molecule has 0 amide bonds. The molecule has 0 spiro atoms. The number of piperidine rings is 1. The highest BCUT2D eigenvalue weighted by Crippen LogP contribution is 2.66.